The van der Waals surface area contributed by atoms with Crippen molar-refractivity contribution in [1.29, 1.82) is 0 Å². The van der Waals surface area contributed by atoms with Gasteiger partial charge in [-0.3, -0.25) is 4.79 Å². The van der Waals surface area contributed by atoms with E-state index in [9.17, 15) is 4.79 Å². The Morgan fingerprint density at radius 1 is 1.45 bits per heavy atom. The highest BCUT2D eigenvalue weighted by Gasteiger charge is 2.16. The van der Waals surface area contributed by atoms with Crippen molar-refractivity contribution in [3.8, 4) is 0 Å². The smallest absolute Gasteiger partial charge is 0.254 e. The van der Waals surface area contributed by atoms with E-state index in [-0.39, 0.29) is 12.5 Å². The molecule has 0 aliphatic carbocycles. The van der Waals surface area contributed by atoms with Crippen molar-refractivity contribution < 1.29 is 4.79 Å². The number of fused-ring (bicyclic) bond motifs is 1. The molecule has 0 saturated carbocycles. The number of rotatable bonds is 3. The summed E-state index contributed by atoms with van der Waals surface area (Å²) >= 11 is 0. The summed E-state index contributed by atoms with van der Waals surface area (Å²) in [5.41, 5.74) is 0.836. The summed E-state index contributed by atoms with van der Waals surface area (Å²) in [6, 6.07) is 1.85. The number of carbonyl (C=O) groups is 1. The summed E-state index contributed by atoms with van der Waals surface area (Å²) in [6.07, 6.45) is 1.45. The Balaban J connectivity index is 1.70. The van der Waals surface area contributed by atoms with Crippen molar-refractivity contribution in [2.75, 3.05) is 38.0 Å². The molecule has 0 bridgehead atoms. The highest BCUT2D eigenvalue weighted by molar-refractivity contribution is 5.80. The van der Waals surface area contributed by atoms with Gasteiger partial charge in [0.25, 0.3) is 5.78 Å². The lowest BCUT2D eigenvalue weighted by Crippen LogP contribution is -2.48. The van der Waals surface area contributed by atoms with E-state index in [0.29, 0.717) is 5.78 Å². The Hall–Kier alpha value is -2.22. The van der Waals surface area contributed by atoms with Gasteiger partial charge in [-0.15, -0.1) is 0 Å². The molecule has 8 heteroatoms. The molecule has 2 N–H and O–H groups in total. The average molecular weight is 275 g/mol. The number of anilines is 1. The third-order valence-electron chi connectivity index (χ3n) is 3.27. The Labute approximate surface area is 116 Å². The summed E-state index contributed by atoms with van der Waals surface area (Å²) in [6.45, 7) is 5.36. The second kappa shape index (κ2) is 5.41. The van der Waals surface area contributed by atoms with Crippen LogP contribution in [0.4, 0.5) is 5.82 Å². The van der Waals surface area contributed by atoms with Gasteiger partial charge in [0.15, 0.2) is 0 Å². The number of amides is 1. The molecule has 1 amide bonds. The molecule has 106 valence electrons. The van der Waals surface area contributed by atoms with E-state index >= 15 is 0 Å². The number of nitrogens with one attached hydrogen (secondary N) is 2. The van der Waals surface area contributed by atoms with Gasteiger partial charge < -0.3 is 15.5 Å². The Bertz CT molecular complexity index is 617. The molecular weight excluding hydrogens is 258 g/mol. The van der Waals surface area contributed by atoms with Crippen LogP contribution in [-0.2, 0) is 4.79 Å². The fraction of sp³-hybridized carbons (Fsp3) is 0.500. The highest BCUT2D eigenvalue weighted by Crippen LogP contribution is 2.09. The monoisotopic (exact) mass is 275 g/mol. The van der Waals surface area contributed by atoms with Crippen LogP contribution >= 0.6 is 0 Å². The molecule has 1 fully saturated rings. The fourth-order valence-corrected chi connectivity index (χ4v) is 2.25. The fourth-order valence-electron chi connectivity index (χ4n) is 2.25. The molecule has 0 atom stereocenters. The number of carbonyl (C=O) groups excluding carboxylic acids is 1. The van der Waals surface area contributed by atoms with Gasteiger partial charge >= 0.3 is 0 Å². The van der Waals surface area contributed by atoms with E-state index in [1.807, 2.05) is 17.9 Å². The maximum Gasteiger partial charge on any atom is 0.254 e. The van der Waals surface area contributed by atoms with Crippen LogP contribution in [0.25, 0.3) is 5.78 Å². The number of hydrogen-bond acceptors (Lipinski definition) is 6. The van der Waals surface area contributed by atoms with Crippen molar-refractivity contribution >= 4 is 17.5 Å². The van der Waals surface area contributed by atoms with E-state index in [1.165, 1.54) is 6.33 Å². The zero-order valence-electron chi connectivity index (χ0n) is 11.3. The molecule has 2 aromatic heterocycles. The second-order valence-electron chi connectivity index (χ2n) is 4.74. The lowest BCUT2D eigenvalue weighted by molar-refractivity contribution is -0.129. The van der Waals surface area contributed by atoms with Crippen molar-refractivity contribution in [2.45, 2.75) is 6.92 Å². The van der Waals surface area contributed by atoms with E-state index in [1.54, 1.807) is 4.52 Å². The van der Waals surface area contributed by atoms with Gasteiger partial charge in [-0.25, -0.2) is 4.98 Å². The van der Waals surface area contributed by atoms with Gasteiger partial charge in [0.2, 0.25) is 5.91 Å². The quantitative estimate of drug-likeness (QED) is 0.768. The van der Waals surface area contributed by atoms with Crippen LogP contribution in [0.3, 0.4) is 0 Å². The molecule has 20 heavy (non-hydrogen) atoms. The largest absolute Gasteiger partial charge is 0.361 e. The molecule has 0 radical (unpaired) electrons. The summed E-state index contributed by atoms with van der Waals surface area (Å²) in [7, 11) is 0. The van der Waals surface area contributed by atoms with Gasteiger partial charge in [0.1, 0.15) is 12.1 Å². The van der Waals surface area contributed by atoms with Crippen molar-refractivity contribution in [3.63, 3.8) is 0 Å². The van der Waals surface area contributed by atoms with Crippen LogP contribution in [-0.4, -0.2) is 63.1 Å². The third kappa shape index (κ3) is 2.55. The molecule has 1 aliphatic heterocycles. The van der Waals surface area contributed by atoms with Crippen LogP contribution < -0.4 is 10.6 Å². The first kappa shape index (κ1) is 12.8. The predicted molar refractivity (Wildman–Crippen MR) is 73.5 cm³/mol. The zero-order valence-corrected chi connectivity index (χ0v) is 11.3. The normalized spacial score (nSPS) is 15.6. The van der Waals surface area contributed by atoms with Crippen LogP contribution in [0.1, 0.15) is 5.69 Å². The van der Waals surface area contributed by atoms with Gasteiger partial charge in [-0.1, -0.05) is 0 Å². The minimum absolute atomic E-state index is 0.0919. The predicted octanol–water partition coefficient (Wildman–Crippen LogP) is -0.724. The number of aryl methyl sites for hydroxylation is 1. The minimum atomic E-state index is 0.0919. The molecule has 0 aromatic carbocycles. The van der Waals surface area contributed by atoms with Gasteiger partial charge in [0.05, 0.1) is 6.54 Å². The van der Waals surface area contributed by atoms with Gasteiger partial charge in [-0.05, 0) is 6.92 Å². The maximum atomic E-state index is 12.1. The Morgan fingerprint density at radius 3 is 3.05 bits per heavy atom. The average Bonchev–Trinajstić information content (AvgIpc) is 2.93. The van der Waals surface area contributed by atoms with Gasteiger partial charge in [-0.2, -0.15) is 14.6 Å². The number of hydrogen-bond donors (Lipinski definition) is 2. The number of piperazine rings is 1. The van der Waals surface area contributed by atoms with Crippen molar-refractivity contribution in [3.05, 3.63) is 18.1 Å². The summed E-state index contributed by atoms with van der Waals surface area (Å²) < 4.78 is 1.60. The summed E-state index contributed by atoms with van der Waals surface area (Å²) in [5.74, 6) is 1.35. The Morgan fingerprint density at radius 2 is 2.25 bits per heavy atom. The molecular formula is C12H17N7O. The third-order valence-corrected chi connectivity index (χ3v) is 3.27. The van der Waals surface area contributed by atoms with E-state index < -0.39 is 0 Å². The number of nitrogens with zero attached hydrogens (tertiary/aromatic N) is 5. The highest BCUT2D eigenvalue weighted by atomic mass is 16.2. The maximum absolute atomic E-state index is 12.1. The molecule has 0 spiro atoms. The molecule has 1 saturated heterocycles. The molecule has 0 unspecified atom stereocenters. The van der Waals surface area contributed by atoms with Crippen LogP contribution in [0.5, 0.6) is 0 Å². The summed E-state index contributed by atoms with van der Waals surface area (Å²) in [4.78, 5) is 22.3. The topological polar surface area (TPSA) is 87.5 Å². The van der Waals surface area contributed by atoms with Crippen LogP contribution in [0.15, 0.2) is 12.4 Å². The summed E-state index contributed by atoms with van der Waals surface area (Å²) in [5, 5.41) is 10.4. The molecule has 1 aliphatic rings. The number of aromatic nitrogens is 4. The first-order chi connectivity index (χ1) is 9.74. The Kier molecular flexibility index (Phi) is 3.46. The van der Waals surface area contributed by atoms with E-state index in [4.69, 9.17) is 0 Å². The lowest BCUT2D eigenvalue weighted by atomic mass is 10.3. The van der Waals surface area contributed by atoms with Gasteiger partial charge in [0, 0.05) is 37.9 Å². The second-order valence-corrected chi connectivity index (χ2v) is 4.74. The molecule has 3 rings (SSSR count). The minimum Gasteiger partial charge on any atom is -0.361 e. The SMILES string of the molecule is Cc1cc(NCC(=O)N2CCNCC2)n2ncnc2n1. The van der Waals surface area contributed by atoms with Crippen molar-refractivity contribution in [1.82, 2.24) is 29.8 Å². The molecule has 2 aromatic rings. The van der Waals surface area contributed by atoms with E-state index in [0.717, 1.165) is 37.7 Å². The van der Waals surface area contributed by atoms with Crippen LogP contribution in [0.2, 0.25) is 0 Å². The molecule has 3 heterocycles. The van der Waals surface area contributed by atoms with E-state index in [2.05, 4.69) is 25.7 Å². The van der Waals surface area contributed by atoms with Crippen molar-refractivity contribution in [2.24, 2.45) is 0 Å². The van der Waals surface area contributed by atoms with Crippen LogP contribution in [0, 0.1) is 6.92 Å². The molecule has 8 nitrogen and oxygen atoms in total. The zero-order chi connectivity index (χ0) is 13.9. The first-order valence-corrected chi connectivity index (χ1v) is 6.64. The lowest BCUT2D eigenvalue weighted by Gasteiger charge is -2.27. The first-order valence-electron chi connectivity index (χ1n) is 6.64. The standard InChI is InChI=1S/C12H17N7O/c1-9-6-10(19-12(17-9)15-8-16-19)14-7-11(20)18-4-2-13-3-5-18/h6,8,13-14H,2-5,7H2,1H3.